The maximum Gasteiger partial charge on any atom is 0.338 e. The van der Waals surface area contributed by atoms with Crippen LogP contribution in [0.2, 0.25) is 0 Å². The summed E-state index contributed by atoms with van der Waals surface area (Å²) in [5, 5.41) is 0. The van der Waals surface area contributed by atoms with E-state index in [1.807, 2.05) is 18.2 Å². The third-order valence-electron chi connectivity index (χ3n) is 4.66. The van der Waals surface area contributed by atoms with Gasteiger partial charge in [0.15, 0.2) is 0 Å². The second-order valence-electron chi connectivity index (χ2n) is 6.01. The molecule has 0 N–H and O–H groups in total. The molecule has 0 saturated heterocycles. The predicted octanol–water partition coefficient (Wildman–Crippen LogP) is 3.38. The monoisotopic (exact) mass is 272 g/mol. The van der Waals surface area contributed by atoms with Gasteiger partial charge in [0.25, 0.3) is 0 Å². The molecule has 1 aromatic rings. The molecule has 20 heavy (non-hydrogen) atoms. The second kappa shape index (κ2) is 5.78. The van der Waals surface area contributed by atoms with E-state index in [2.05, 4.69) is 0 Å². The fraction of sp³-hybridized carbons (Fsp3) is 0.529. The van der Waals surface area contributed by atoms with Crippen LogP contribution < -0.4 is 0 Å². The first-order chi connectivity index (χ1) is 9.72. The summed E-state index contributed by atoms with van der Waals surface area (Å²) in [6, 6.07) is 9.15. The predicted molar refractivity (Wildman–Crippen MR) is 75.3 cm³/mol. The largest absolute Gasteiger partial charge is 0.459 e. The molecule has 2 saturated carbocycles. The summed E-state index contributed by atoms with van der Waals surface area (Å²) in [5.74, 6) is 1.28. The zero-order valence-electron chi connectivity index (χ0n) is 11.6. The van der Waals surface area contributed by atoms with Crippen molar-refractivity contribution in [3.8, 4) is 0 Å². The van der Waals surface area contributed by atoms with Crippen LogP contribution in [-0.4, -0.2) is 17.9 Å². The molecule has 3 unspecified atom stereocenters. The molecule has 3 heteroatoms. The van der Waals surface area contributed by atoms with Crippen molar-refractivity contribution in [1.29, 1.82) is 0 Å². The Morgan fingerprint density at radius 2 is 1.85 bits per heavy atom. The van der Waals surface area contributed by atoms with E-state index in [0.29, 0.717) is 29.6 Å². The summed E-state index contributed by atoms with van der Waals surface area (Å²) in [7, 11) is 0. The number of rotatable bonds is 2. The highest BCUT2D eigenvalue weighted by Crippen LogP contribution is 2.40. The smallest absolute Gasteiger partial charge is 0.338 e. The molecule has 2 aliphatic rings. The van der Waals surface area contributed by atoms with Gasteiger partial charge < -0.3 is 4.74 Å². The number of esters is 1. The van der Waals surface area contributed by atoms with Gasteiger partial charge in [0.1, 0.15) is 11.9 Å². The van der Waals surface area contributed by atoms with Gasteiger partial charge in [-0.25, -0.2) is 4.79 Å². The molecule has 3 atom stereocenters. The Labute approximate surface area is 119 Å². The van der Waals surface area contributed by atoms with Gasteiger partial charge in [-0.2, -0.15) is 0 Å². The lowest BCUT2D eigenvalue weighted by Crippen LogP contribution is -2.35. The standard InChI is InChI=1S/C17H20O3/c18-15-8-6-14-11-16(9-7-13(14)10-15)20-17(19)12-4-2-1-3-5-12/h1-5,13-14,16H,6-11H2. The van der Waals surface area contributed by atoms with Crippen LogP contribution in [-0.2, 0) is 9.53 Å². The van der Waals surface area contributed by atoms with E-state index in [4.69, 9.17) is 4.74 Å². The van der Waals surface area contributed by atoms with Gasteiger partial charge in [-0.05, 0) is 49.7 Å². The number of ketones is 1. The first-order valence-electron chi connectivity index (χ1n) is 7.50. The fourth-order valence-electron chi connectivity index (χ4n) is 3.55. The van der Waals surface area contributed by atoms with Crippen molar-refractivity contribution >= 4 is 11.8 Å². The Bertz CT molecular complexity index is 494. The van der Waals surface area contributed by atoms with Gasteiger partial charge in [0.05, 0.1) is 5.56 Å². The maximum atomic E-state index is 12.0. The van der Waals surface area contributed by atoms with E-state index in [-0.39, 0.29) is 12.1 Å². The van der Waals surface area contributed by atoms with Crippen LogP contribution in [0.25, 0.3) is 0 Å². The van der Waals surface area contributed by atoms with E-state index < -0.39 is 0 Å². The normalized spacial score (nSPS) is 29.6. The first-order valence-corrected chi connectivity index (χ1v) is 7.50. The summed E-state index contributed by atoms with van der Waals surface area (Å²) in [4.78, 5) is 23.5. The van der Waals surface area contributed by atoms with Gasteiger partial charge in [-0.3, -0.25) is 4.79 Å². The number of fused-ring (bicyclic) bond motifs is 1. The third-order valence-corrected chi connectivity index (χ3v) is 4.66. The molecule has 3 nitrogen and oxygen atoms in total. The lowest BCUT2D eigenvalue weighted by Gasteiger charge is -2.38. The molecule has 0 spiro atoms. The van der Waals surface area contributed by atoms with Gasteiger partial charge in [-0.15, -0.1) is 0 Å². The molecule has 0 radical (unpaired) electrons. The van der Waals surface area contributed by atoms with Crippen LogP contribution >= 0.6 is 0 Å². The highest BCUT2D eigenvalue weighted by atomic mass is 16.5. The minimum absolute atomic E-state index is 0.0251. The second-order valence-corrected chi connectivity index (χ2v) is 6.01. The summed E-state index contributed by atoms with van der Waals surface area (Å²) in [5.41, 5.74) is 0.619. The van der Waals surface area contributed by atoms with Crippen molar-refractivity contribution in [2.75, 3.05) is 0 Å². The Hall–Kier alpha value is -1.64. The Kier molecular flexibility index (Phi) is 3.86. The molecule has 0 amide bonds. The lowest BCUT2D eigenvalue weighted by molar-refractivity contribution is -0.124. The zero-order chi connectivity index (χ0) is 13.9. The van der Waals surface area contributed by atoms with Gasteiger partial charge >= 0.3 is 5.97 Å². The Balaban J connectivity index is 1.57. The lowest BCUT2D eigenvalue weighted by atomic mass is 9.69. The molecule has 106 valence electrons. The Morgan fingerprint density at radius 1 is 1.05 bits per heavy atom. The SMILES string of the molecule is O=C1CCC2CC(OC(=O)c3ccccc3)CCC2C1. The van der Waals surface area contributed by atoms with Crippen molar-refractivity contribution in [1.82, 2.24) is 0 Å². The van der Waals surface area contributed by atoms with Gasteiger partial charge in [-0.1, -0.05) is 18.2 Å². The summed E-state index contributed by atoms with van der Waals surface area (Å²) >= 11 is 0. The molecule has 2 fully saturated rings. The Morgan fingerprint density at radius 3 is 2.65 bits per heavy atom. The first kappa shape index (κ1) is 13.3. The van der Waals surface area contributed by atoms with Crippen LogP contribution in [0.5, 0.6) is 0 Å². The minimum Gasteiger partial charge on any atom is -0.459 e. The highest BCUT2D eigenvalue weighted by molar-refractivity contribution is 5.89. The molecule has 0 bridgehead atoms. The molecule has 2 aliphatic carbocycles. The van der Waals surface area contributed by atoms with Crippen LogP contribution in [0.1, 0.15) is 48.9 Å². The van der Waals surface area contributed by atoms with E-state index in [0.717, 1.165) is 32.1 Å². The van der Waals surface area contributed by atoms with Crippen molar-refractivity contribution in [3.63, 3.8) is 0 Å². The zero-order valence-corrected chi connectivity index (χ0v) is 11.6. The molecule has 0 heterocycles. The summed E-state index contributed by atoms with van der Waals surface area (Å²) in [6.07, 6.45) is 5.29. The van der Waals surface area contributed by atoms with Gasteiger partial charge in [0, 0.05) is 12.8 Å². The maximum absolute atomic E-state index is 12.0. The number of carbonyl (C=O) groups excluding carboxylic acids is 2. The van der Waals surface area contributed by atoms with Crippen molar-refractivity contribution < 1.29 is 14.3 Å². The molecular weight excluding hydrogens is 252 g/mol. The van der Waals surface area contributed by atoms with Crippen LogP contribution in [0, 0.1) is 11.8 Å². The molecule has 3 rings (SSSR count). The highest BCUT2D eigenvalue weighted by Gasteiger charge is 2.36. The van der Waals surface area contributed by atoms with E-state index >= 15 is 0 Å². The van der Waals surface area contributed by atoms with E-state index in [1.54, 1.807) is 12.1 Å². The van der Waals surface area contributed by atoms with E-state index in [1.165, 1.54) is 0 Å². The topological polar surface area (TPSA) is 43.4 Å². The fourth-order valence-corrected chi connectivity index (χ4v) is 3.55. The number of Topliss-reactive ketones (excluding diaryl/α,β-unsaturated/α-hetero) is 1. The quantitative estimate of drug-likeness (QED) is 0.775. The average molecular weight is 272 g/mol. The van der Waals surface area contributed by atoms with Crippen molar-refractivity contribution in [2.45, 2.75) is 44.6 Å². The average Bonchev–Trinajstić information content (AvgIpc) is 2.48. The van der Waals surface area contributed by atoms with Crippen LogP contribution in [0.3, 0.4) is 0 Å². The van der Waals surface area contributed by atoms with E-state index in [9.17, 15) is 9.59 Å². The molecule has 1 aromatic carbocycles. The minimum atomic E-state index is -0.221. The summed E-state index contributed by atoms with van der Waals surface area (Å²) < 4.78 is 5.63. The van der Waals surface area contributed by atoms with Gasteiger partial charge in [0.2, 0.25) is 0 Å². The number of ether oxygens (including phenoxy) is 1. The third kappa shape index (κ3) is 2.92. The van der Waals surface area contributed by atoms with Crippen molar-refractivity contribution in [3.05, 3.63) is 35.9 Å². The molecule has 0 aliphatic heterocycles. The summed E-state index contributed by atoms with van der Waals surface area (Å²) in [6.45, 7) is 0. The van der Waals surface area contributed by atoms with Crippen LogP contribution in [0.4, 0.5) is 0 Å². The number of carbonyl (C=O) groups is 2. The molecule has 0 aromatic heterocycles. The number of benzene rings is 1. The number of hydrogen-bond donors (Lipinski definition) is 0. The van der Waals surface area contributed by atoms with Crippen LogP contribution in [0.15, 0.2) is 30.3 Å². The van der Waals surface area contributed by atoms with Crippen molar-refractivity contribution in [2.24, 2.45) is 11.8 Å². The number of hydrogen-bond acceptors (Lipinski definition) is 3. The molecular formula is C17H20O3.